The van der Waals surface area contributed by atoms with E-state index in [1.165, 1.54) is 13.5 Å². The van der Waals surface area contributed by atoms with Crippen LogP contribution in [0.4, 0.5) is 9.59 Å². The summed E-state index contributed by atoms with van der Waals surface area (Å²) in [4.78, 5) is 47.6. The number of hydrogen-bond acceptors (Lipinski definition) is 7. The molecule has 2 fully saturated rings. The Kier molecular flexibility index (Phi) is 10.3. The molecule has 2 heterocycles. The molecule has 0 bridgehead atoms. The summed E-state index contributed by atoms with van der Waals surface area (Å²) >= 11 is 0. The van der Waals surface area contributed by atoms with E-state index < -0.39 is 23.8 Å². The number of nitrogens with one attached hydrogen (secondary N) is 3. The maximum Gasteiger partial charge on any atom is 0.508 e. The lowest BCUT2D eigenvalue weighted by molar-refractivity contribution is -0.142. The van der Waals surface area contributed by atoms with Crippen LogP contribution in [-0.2, 0) is 27.1 Å². The Bertz CT molecular complexity index is 1090. The number of carbonyl (C=O) groups is 3. The maximum atomic E-state index is 13.8. The molecule has 11 heteroatoms. The Hall–Kier alpha value is -3.76. The van der Waals surface area contributed by atoms with Crippen molar-refractivity contribution in [1.29, 1.82) is 0 Å². The third-order valence-corrected chi connectivity index (χ3v) is 8.16. The molecule has 4 rings (SSSR count). The normalized spacial score (nSPS) is 17.9. The van der Waals surface area contributed by atoms with Crippen LogP contribution in [0.25, 0.3) is 0 Å². The van der Waals surface area contributed by atoms with Crippen LogP contribution in [0.5, 0.6) is 5.75 Å². The van der Waals surface area contributed by atoms with Crippen molar-refractivity contribution in [2.24, 2.45) is 5.92 Å². The summed E-state index contributed by atoms with van der Waals surface area (Å²) in [6, 6.07) is 6.30. The number of amides is 3. The van der Waals surface area contributed by atoms with E-state index in [2.05, 4.69) is 20.6 Å². The molecule has 1 atom stereocenters. The topological polar surface area (TPSA) is 135 Å². The Labute approximate surface area is 235 Å². The minimum Gasteiger partial charge on any atom is -0.497 e. The van der Waals surface area contributed by atoms with E-state index in [1.54, 1.807) is 24.5 Å². The number of H-pyrrole nitrogens is 1. The van der Waals surface area contributed by atoms with E-state index in [-0.39, 0.29) is 11.8 Å². The fourth-order valence-corrected chi connectivity index (χ4v) is 5.89. The van der Waals surface area contributed by atoms with Crippen LogP contribution in [0.15, 0.2) is 36.8 Å². The minimum atomic E-state index is -0.760. The van der Waals surface area contributed by atoms with Gasteiger partial charge in [0.1, 0.15) is 17.4 Å². The zero-order valence-electron chi connectivity index (χ0n) is 23.4. The molecule has 11 nitrogen and oxygen atoms in total. The van der Waals surface area contributed by atoms with Gasteiger partial charge in [0.25, 0.3) is 0 Å². The van der Waals surface area contributed by atoms with E-state index >= 15 is 0 Å². The van der Waals surface area contributed by atoms with E-state index in [0.717, 1.165) is 42.7 Å². The molecular formula is C29H41N5O6. The second-order valence-electron chi connectivity index (χ2n) is 10.6. The first kappa shape index (κ1) is 29.2. The average molecular weight is 556 g/mol. The summed E-state index contributed by atoms with van der Waals surface area (Å²) in [6.45, 7) is 1.28. The van der Waals surface area contributed by atoms with Gasteiger partial charge in [0.2, 0.25) is 5.91 Å². The number of benzene rings is 1. The van der Waals surface area contributed by atoms with Gasteiger partial charge in [-0.2, -0.15) is 0 Å². The molecule has 2 aromatic rings. The van der Waals surface area contributed by atoms with Crippen LogP contribution in [0.3, 0.4) is 0 Å². The highest BCUT2D eigenvalue weighted by Gasteiger charge is 2.46. The van der Waals surface area contributed by atoms with Crippen LogP contribution >= 0.6 is 0 Å². The largest absolute Gasteiger partial charge is 0.508 e. The van der Waals surface area contributed by atoms with Gasteiger partial charge in [0, 0.05) is 57.2 Å². The molecule has 0 radical (unpaired) electrons. The summed E-state index contributed by atoms with van der Waals surface area (Å²) in [5, 5.41) is 5.73. The zero-order valence-corrected chi connectivity index (χ0v) is 23.4. The molecule has 1 saturated heterocycles. The summed E-state index contributed by atoms with van der Waals surface area (Å²) in [7, 11) is 2.93. The van der Waals surface area contributed by atoms with Gasteiger partial charge in [-0.1, -0.05) is 31.4 Å². The number of carbonyl (C=O) groups excluding carboxylic acids is 3. The van der Waals surface area contributed by atoms with E-state index in [4.69, 9.17) is 14.2 Å². The van der Waals surface area contributed by atoms with Gasteiger partial charge >= 0.3 is 12.2 Å². The third-order valence-electron chi connectivity index (χ3n) is 8.16. The first-order valence-electron chi connectivity index (χ1n) is 14.1. The molecule has 1 saturated carbocycles. The summed E-state index contributed by atoms with van der Waals surface area (Å²) in [6.07, 6.45) is 10.1. The van der Waals surface area contributed by atoms with E-state index in [0.29, 0.717) is 45.3 Å². The molecule has 1 aliphatic carbocycles. The highest BCUT2D eigenvalue weighted by Crippen LogP contribution is 2.42. The van der Waals surface area contributed by atoms with Gasteiger partial charge in [-0.15, -0.1) is 0 Å². The molecule has 1 aliphatic heterocycles. The summed E-state index contributed by atoms with van der Waals surface area (Å²) in [5.41, 5.74) is 1.18. The number of likely N-dealkylation sites (tertiary alicyclic amines) is 1. The van der Waals surface area contributed by atoms with Crippen LogP contribution < -0.4 is 15.4 Å². The van der Waals surface area contributed by atoms with Crippen LogP contribution in [0.1, 0.15) is 56.2 Å². The zero-order chi connectivity index (χ0) is 28.4. The average Bonchev–Trinajstić information content (AvgIpc) is 3.51. The smallest absolute Gasteiger partial charge is 0.497 e. The lowest BCUT2D eigenvalue weighted by Gasteiger charge is -2.47. The van der Waals surface area contributed by atoms with Crippen molar-refractivity contribution < 1.29 is 28.6 Å². The standard InChI is InChI=1S/C29H41N5O6/c1-38-24-10-8-21(9-11-24)18-25(33-27(36)31-15-12-23-19-30-20-32-23)26(35)34-16-13-29(14-17-34,40-28(37)39-2)22-6-4-3-5-7-22/h8-11,19-20,22,25H,3-7,12-18H2,1-2H3,(H,30,32)(H2,31,33,36). The Morgan fingerprint density at radius 3 is 2.45 bits per heavy atom. The number of urea groups is 1. The molecule has 1 unspecified atom stereocenters. The molecule has 3 N–H and O–H groups in total. The Morgan fingerprint density at radius 1 is 1.10 bits per heavy atom. The van der Waals surface area contributed by atoms with Crippen molar-refractivity contribution >= 4 is 18.1 Å². The number of rotatable bonds is 10. The summed E-state index contributed by atoms with van der Waals surface area (Å²) < 4.78 is 16.0. The van der Waals surface area contributed by atoms with Crippen molar-refractivity contribution in [3.05, 3.63) is 48.0 Å². The van der Waals surface area contributed by atoms with Crippen LogP contribution in [-0.4, -0.2) is 78.5 Å². The molecule has 1 aromatic carbocycles. The number of aromatic nitrogens is 2. The Balaban J connectivity index is 1.42. The lowest BCUT2D eigenvalue weighted by atomic mass is 9.72. The summed E-state index contributed by atoms with van der Waals surface area (Å²) in [5.74, 6) is 0.818. The molecule has 40 heavy (non-hydrogen) atoms. The van der Waals surface area contributed by atoms with Crippen LogP contribution in [0, 0.1) is 5.92 Å². The lowest BCUT2D eigenvalue weighted by Crippen LogP contribution is -2.57. The molecule has 218 valence electrons. The van der Waals surface area contributed by atoms with Crippen molar-refractivity contribution in [1.82, 2.24) is 25.5 Å². The van der Waals surface area contributed by atoms with E-state index in [1.807, 2.05) is 24.3 Å². The highest BCUT2D eigenvalue weighted by molar-refractivity contribution is 5.87. The van der Waals surface area contributed by atoms with Crippen LogP contribution in [0.2, 0.25) is 0 Å². The molecule has 2 aliphatic rings. The van der Waals surface area contributed by atoms with Crippen molar-refractivity contribution in [3.63, 3.8) is 0 Å². The SMILES string of the molecule is COC(=O)OC1(C2CCCCC2)CCN(C(=O)C(Cc2ccc(OC)cc2)NC(=O)NCCc2cnc[nH]2)CC1. The van der Waals surface area contributed by atoms with Gasteiger partial charge in [-0.3, -0.25) is 4.79 Å². The van der Waals surface area contributed by atoms with E-state index in [9.17, 15) is 14.4 Å². The molecular weight excluding hydrogens is 514 g/mol. The second-order valence-corrected chi connectivity index (χ2v) is 10.6. The number of piperidine rings is 1. The van der Waals surface area contributed by atoms with Gasteiger partial charge in [0.05, 0.1) is 20.5 Å². The second kappa shape index (κ2) is 14.0. The Morgan fingerprint density at radius 2 is 1.82 bits per heavy atom. The predicted molar refractivity (Wildman–Crippen MR) is 148 cm³/mol. The quantitative estimate of drug-likeness (QED) is 0.381. The first-order valence-corrected chi connectivity index (χ1v) is 14.1. The van der Waals surface area contributed by atoms with Gasteiger partial charge in [-0.05, 0) is 36.5 Å². The monoisotopic (exact) mass is 555 g/mol. The number of hydrogen-bond donors (Lipinski definition) is 3. The maximum absolute atomic E-state index is 13.8. The number of imidazole rings is 1. The van der Waals surface area contributed by atoms with Gasteiger partial charge in [-0.25, -0.2) is 14.6 Å². The number of methoxy groups -OCH3 is 2. The molecule has 1 aromatic heterocycles. The first-order chi connectivity index (χ1) is 19.4. The predicted octanol–water partition coefficient (Wildman–Crippen LogP) is 3.60. The van der Waals surface area contributed by atoms with Gasteiger partial charge < -0.3 is 34.7 Å². The third kappa shape index (κ3) is 7.67. The van der Waals surface area contributed by atoms with Crippen molar-refractivity contribution in [2.45, 2.75) is 69.4 Å². The number of nitrogens with zero attached hydrogens (tertiary/aromatic N) is 2. The van der Waals surface area contributed by atoms with Crippen molar-refractivity contribution in [2.75, 3.05) is 33.9 Å². The van der Waals surface area contributed by atoms with Gasteiger partial charge in [0.15, 0.2) is 0 Å². The molecule has 3 amide bonds. The fraction of sp³-hybridized carbons (Fsp3) is 0.586. The minimum absolute atomic E-state index is 0.158. The fourth-order valence-electron chi connectivity index (χ4n) is 5.89. The number of ether oxygens (including phenoxy) is 3. The van der Waals surface area contributed by atoms with Crippen molar-refractivity contribution in [3.8, 4) is 5.75 Å². The number of aromatic amines is 1. The highest BCUT2D eigenvalue weighted by atomic mass is 16.7. The molecule has 0 spiro atoms.